The number of aryl methyl sites for hydroxylation is 1. The van der Waals surface area contributed by atoms with Crippen molar-refractivity contribution in [1.29, 1.82) is 0 Å². The van der Waals surface area contributed by atoms with Crippen LogP contribution in [0.1, 0.15) is 18.9 Å². The van der Waals surface area contributed by atoms with Gasteiger partial charge in [-0.25, -0.2) is 9.97 Å². The Morgan fingerprint density at radius 3 is 2.89 bits per heavy atom. The third kappa shape index (κ3) is 2.31. The normalized spacial score (nSPS) is 11.0. The summed E-state index contributed by atoms with van der Waals surface area (Å²) in [5, 5.41) is 4.16. The van der Waals surface area contributed by atoms with Crippen LogP contribution < -0.4 is 5.73 Å². The van der Waals surface area contributed by atoms with Gasteiger partial charge in [0.25, 0.3) is 0 Å². The van der Waals surface area contributed by atoms with Gasteiger partial charge in [-0.3, -0.25) is 0 Å². The maximum atomic E-state index is 5.98. The summed E-state index contributed by atoms with van der Waals surface area (Å²) in [7, 11) is 0. The van der Waals surface area contributed by atoms with Gasteiger partial charge in [-0.1, -0.05) is 13.3 Å². The molecule has 0 amide bonds. The zero-order chi connectivity index (χ0) is 13.2. The molecule has 3 nitrogen and oxygen atoms in total. The van der Waals surface area contributed by atoms with Gasteiger partial charge in [0.2, 0.25) is 0 Å². The van der Waals surface area contributed by atoms with Crippen LogP contribution in [0.4, 0.5) is 5.82 Å². The fourth-order valence-corrected chi connectivity index (χ4v) is 2.84. The van der Waals surface area contributed by atoms with Crippen molar-refractivity contribution in [2.75, 3.05) is 5.73 Å². The van der Waals surface area contributed by atoms with Crippen molar-refractivity contribution in [1.82, 2.24) is 9.97 Å². The number of thiazole rings is 1. The summed E-state index contributed by atoms with van der Waals surface area (Å²) in [5.74, 6) is 0.649. The van der Waals surface area contributed by atoms with E-state index in [1.165, 1.54) is 0 Å². The Morgan fingerprint density at radius 2 is 2.16 bits per heavy atom. The van der Waals surface area contributed by atoms with E-state index in [2.05, 4.69) is 29.0 Å². The number of nitrogens with zero attached hydrogens (tertiary/aromatic N) is 2. The maximum Gasteiger partial charge on any atom is 0.127 e. The number of rotatable bonds is 3. The molecule has 0 bridgehead atoms. The van der Waals surface area contributed by atoms with E-state index < -0.39 is 0 Å². The largest absolute Gasteiger partial charge is 0.383 e. The zero-order valence-corrected chi connectivity index (χ0v) is 11.6. The van der Waals surface area contributed by atoms with E-state index in [1.54, 1.807) is 11.3 Å². The van der Waals surface area contributed by atoms with Crippen LogP contribution in [0.3, 0.4) is 0 Å². The van der Waals surface area contributed by atoms with Crippen molar-refractivity contribution in [3.63, 3.8) is 0 Å². The molecule has 0 saturated carbocycles. The fraction of sp³-hybridized carbons (Fsp3) is 0.200. The molecule has 0 saturated heterocycles. The Kier molecular flexibility index (Phi) is 3.17. The topological polar surface area (TPSA) is 51.8 Å². The van der Waals surface area contributed by atoms with Crippen molar-refractivity contribution < 1.29 is 0 Å². The molecule has 0 radical (unpaired) electrons. The molecule has 0 aliphatic rings. The number of hydrogen-bond donors (Lipinski definition) is 1. The maximum absolute atomic E-state index is 5.98. The zero-order valence-electron chi connectivity index (χ0n) is 10.8. The van der Waals surface area contributed by atoms with Crippen LogP contribution in [0.2, 0.25) is 0 Å². The number of fused-ring (bicyclic) bond motifs is 1. The van der Waals surface area contributed by atoms with Gasteiger partial charge < -0.3 is 5.73 Å². The summed E-state index contributed by atoms with van der Waals surface area (Å²) >= 11 is 1.65. The first-order valence-electron chi connectivity index (χ1n) is 6.37. The number of anilines is 1. The van der Waals surface area contributed by atoms with Crippen molar-refractivity contribution in [2.24, 2.45) is 0 Å². The third-order valence-corrected chi connectivity index (χ3v) is 3.95. The molecule has 4 heteroatoms. The highest BCUT2D eigenvalue weighted by Gasteiger charge is 2.06. The molecule has 2 aromatic heterocycles. The van der Waals surface area contributed by atoms with Crippen LogP contribution in [0, 0.1) is 0 Å². The quantitative estimate of drug-likeness (QED) is 0.784. The van der Waals surface area contributed by atoms with E-state index in [0.29, 0.717) is 5.82 Å². The van der Waals surface area contributed by atoms with Crippen LogP contribution in [0.15, 0.2) is 35.8 Å². The first-order valence-corrected chi connectivity index (χ1v) is 7.25. The highest BCUT2D eigenvalue weighted by Crippen LogP contribution is 2.27. The molecule has 3 rings (SSSR count). The minimum absolute atomic E-state index is 0.649. The molecule has 2 heterocycles. The van der Waals surface area contributed by atoms with Crippen LogP contribution in [0.5, 0.6) is 0 Å². The lowest BCUT2D eigenvalue weighted by Gasteiger charge is -2.07. The first-order chi connectivity index (χ1) is 9.28. The van der Waals surface area contributed by atoms with E-state index in [0.717, 1.165) is 39.9 Å². The van der Waals surface area contributed by atoms with Gasteiger partial charge in [0.05, 0.1) is 5.52 Å². The lowest BCUT2D eigenvalue weighted by atomic mass is 10.1. The summed E-state index contributed by atoms with van der Waals surface area (Å²) in [6, 6.07) is 8.35. The molecule has 2 N–H and O–H groups in total. The van der Waals surface area contributed by atoms with Crippen LogP contribution in [0.25, 0.3) is 21.5 Å². The van der Waals surface area contributed by atoms with Gasteiger partial charge in [0.15, 0.2) is 0 Å². The average Bonchev–Trinajstić information content (AvgIpc) is 2.93. The number of pyridine rings is 1. The molecule has 0 atom stereocenters. The Balaban J connectivity index is 2.13. The predicted molar refractivity (Wildman–Crippen MR) is 81.3 cm³/mol. The van der Waals surface area contributed by atoms with Crippen LogP contribution in [-0.4, -0.2) is 9.97 Å². The minimum atomic E-state index is 0.649. The Morgan fingerprint density at radius 1 is 1.26 bits per heavy atom. The van der Waals surface area contributed by atoms with E-state index in [4.69, 9.17) is 5.73 Å². The van der Waals surface area contributed by atoms with Gasteiger partial charge in [-0.2, -0.15) is 0 Å². The average molecular weight is 269 g/mol. The lowest BCUT2D eigenvalue weighted by molar-refractivity contribution is 0.921. The van der Waals surface area contributed by atoms with Gasteiger partial charge in [-0.15, -0.1) is 11.3 Å². The number of benzene rings is 1. The van der Waals surface area contributed by atoms with Crippen molar-refractivity contribution in [3.8, 4) is 10.6 Å². The second-order valence-corrected chi connectivity index (χ2v) is 5.42. The third-order valence-electron chi connectivity index (χ3n) is 3.13. The lowest BCUT2D eigenvalue weighted by Crippen LogP contribution is -1.98. The van der Waals surface area contributed by atoms with Gasteiger partial charge in [-0.05, 0) is 36.2 Å². The molecule has 0 aliphatic heterocycles. The molecule has 19 heavy (non-hydrogen) atoms. The summed E-state index contributed by atoms with van der Waals surface area (Å²) in [6.07, 6.45) is 3.87. The summed E-state index contributed by atoms with van der Waals surface area (Å²) in [5.41, 5.74) is 9.19. The second kappa shape index (κ2) is 4.97. The number of hydrogen-bond acceptors (Lipinski definition) is 4. The predicted octanol–water partition coefficient (Wildman–Crippen LogP) is 3.89. The smallest absolute Gasteiger partial charge is 0.127 e. The summed E-state index contributed by atoms with van der Waals surface area (Å²) in [4.78, 5) is 8.82. The summed E-state index contributed by atoms with van der Waals surface area (Å²) in [6.45, 7) is 2.15. The van der Waals surface area contributed by atoms with Crippen molar-refractivity contribution >= 4 is 28.1 Å². The van der Waals surface area contributed by atoms with Crippen molar-refractivity contribution in [3.05, 3.63) is 41.4 Å². The fourth-order valence-electron chi connectivity index (χ4n) is 2.20. The molecular formula is C15H15N3S. The number of aromatic nitrogens is 2. The Labute approximate surface area is 116 Å². The molecule has 0 unspecified atom stereocenters. The molecule has 96 valence electrons. The monoisotopic (exact) mass is 269 g/mol. The van der Waals surface area contributed by atoms with Gasteiger partial charge in [0, 0.05) is 22.5 Å². The van der Waals surface area contributed by atoms with E-state index in [1.807, 2.05) is 23.7 Å². The SMILES string of the molecule is CCCc1cc2cc(-c3nccs3)ccc2nc1N. The van der Waals surface area contributed by atoms with Crippen LogP contribution in [-0.2, 0) is 6.42 Å². The van der Waals surface area contributed by atoms with E-state index in [-0.39, 0.29) is 0 Å². The van der Waals surface area contributed by atoms with Crippen molar-refractivity contribution in [2.45, 2.75) is 19.8 Å². The highest BCUT2D eigenvalue weighted by atomic mass is 32.1. The van der Waals surface area contributed by atoms with Gasteiger partial charge in [0.1, 0.15) is 10.8 Å². The van der Waals surface area contributed by atoms with E-state index >= 15 is 0 Å². The molecular weight excluding hydrogens is 254 g/mol. The number of nitrogen functional groups attached to an aromatic ring is 1. The molecule has 0 spiro atoms. The van der Waals surface area contributed by atoms with Crippen LogP contribution >= 0.6 is 11.3 Å². The Bertz CT molecular complexity index is 705. The second-order valence-electron chi connectivity index (χ2n) is 4.53. The van der Waals surface area contributed by atoms with E-state index in [9.17, 15) is 0 Å². The first kappa shape index (κ1) is 12.1. The molecule has 0 aliphatic carbocycles. The Hall–Kier alpha value is -1.94. The standard InChI is InChI=1S/C15H15N3S/c1-2-3-10-8-12-9-11(15-17-6-7-19-15)4-5-13(12)18-14(10)16/h4-9H,2-3H2,1H3,(H2,16,18). The summed E-state index contributed by atoms with van der Waals surface area (Å²) < 4.78 is 0. The molecule has 0 fully saturated rings. The molecule has 3 aromatic rings. The minimum Gasteiger partial charge on any atom is -0.383 e. The van der Waals surface area contributed by atoms with Gasteiger partial charge >= 0.3 is 0 Å². The number of nitrogens with two attached hydrogens (primary N) is 1. The molecule has 1 aromatic carbocycles. The highest BCUT2D eigenvalue weighted by molar-refractivity contribution is 7.13.